The smallest absolute Gasteiger partial charge is 0.223 e. The molecule has 1 aliphatic rings. The summed E-state index contributed by atoms with van der Waals surface area (Å²) in [5, 5.41) is 3.24. The number of benzene rings is 1. The Hall–Kier alpha value is -1.35. The van der Waals surface area contributed by atoms with Crippen molar-refractivity contribution in [3.05, 3.63) is 35.4 Å². The zero-order valence-electron chi connectivity index (χ0n) is 14.3. The first-order valence-corrected chi connectivity index (χ1v) is 8.65. The first kappa shape index (κ1) is 17.0. The molecule has 1 fully saturated rings. The first-order valence-electron chi connectivity index (χ1n) is 8.65. The molecule has 1 saturated heterocycles. The molecule has 1 heterocycles. The molecule has 1 N–H and O–H groups in total. The van der Waals surface area contributed by atoms with Crippen LogP contribution in [0.3, 0.4) is 0 Å². The summed E-state index contributed by atoms with van der Waals surface area (Å²) in [6, 6.07) is 8.72. The van der Waals surface area contributed by atoms with E-state index >= 15 is 0 Å². The number of nitrogens with one attached hydrogen (secondary N) is 1. The van der Waals surface area contributed by atoms with Crippen molar-refractivity contribution >= 4 is 5.91 Å². The Bertz CT molecular complexity index is 467. The van der Waals surface area contributed by atoms with Crippen LogP contribution < -0.4 is 5.32 Å². The molecule has 1 aromatic carbocycles. The van der Waals surface area contributed by atoms with Crippen molar-refractivity contribution in [3.8, 4) is 0 Å². The molecule has 122 valence electrons. The summed E-state index contributed by atoms with van der Waals surface area (Å²) in [4.78, 5) is 14.6. The fourth-order valence-corrected chi connectivity index (χ4v) is 3.34. The second kappa shape index (κ2) is 8.33. The number of carbonyl (C=O) groups is 1. The maximum absolute atomic E-state index is 12.6. The molecular weight excluding hydrogens is 272 g/mol. The standard InChI is InChI=1S/C19H30N2O/c1-4-16-7-9-18(10-8-16)15(2)12-19(22)21-11-5-6-17(14-21)13-20-3/h7-10,15,17,20H,4-6,11-14H2,1-3H3. The van der Waals surface area contributed by atoms with Gasteiger partial charge >= 0.3 is 0 Å². The summed E-state index contributed by atoms with van der Waals surface area (Å²) >= 11 is 0. The summed E-state index contributed by atoms with van der Waals surface area (Å²) in [6.07, 6.45) is 4.06. The maximum atomic E-state index is 12.6. The van der Waals surface area contributed by atoms with E-state index in [9.17, 15) is 4.79 Å². The van der Waals surface area contributed by atoms with E-state index in [-0.39, 0.29) is 0 Å². The highest BCUT2D eigenvalue weighted by molar-refractivity contribution is 5.77. The molecule has 3 heteroatoms. The molecule has 0 spiro atoms. The number of piperidine rings is 1. The third-order valence-corrected chi connectivity index (χ3v) is 4.80. The molecule has 2 rings (SSSR count). The number of carbonyl (C=O) groups excluding carboxylic acids is 1. The number of hydrogen-bond donors (Lipinski definition) is 1. The van der Waals surface area contributed by atoms with Crippen LogP contribution in [0.4, 0.5) is 0 Å². The minimum absolute atomic E-state index is 0.295. The van der Waals surface area contributed by atoms with E-state index in [4.69, 9.17) is 0 Å². The summed E-state index contributed by atoms with van der Waals surface area (Å²) in [5.74, 6) is 1.22. The van der Waals surface area contributed by atoms with Gasteiger partial charge in [-0.1, -0.05) is 38.1 Å². The lowest BCUT2D eigenvalue weighted by atomic mass is 9.94. The molecule has 0 aromatic heterocycles. The molecule has 0 bridgehead atoms. The van der Waals surface area contributed by atoms with Crippen LogP contribution in [0.15, 0.2) is 24.3 Å². The van der Waals surface area contributed by atoms with Crippen LogP contribution in [0.5, 0.6) is 0 Å². The van der Waals surface area contributed by atoms with Crippen molar-refractivity contribution in [1.82, 2.24) is 10.2 Å². The number of rotatable bonds is 6. The van der Waals surface area contributed by atoms with Gasteiger partial charge < -0.3 is 10.2 Å². The van der Waals surface area contributed by atoms with Crippen LogP contribution in [-0.2, 0) is 11.2 Å². The molecular formula is C19H30N2O. The molecule has 2 atom stereocenters. The summed E-state index contributed by atoms with van der Waals surface area (Å²) in [5.41, 5.74) is 2.63. The summed E-state index contributed by atoms with van der Waals surface area (Å²) in [7, 11) is 1.99. The Labute approximate surface area is 135 Å². The molecule has 1 aliphatic heterocycles. The van der Waals surface area contributed by atoms with Crippen LogP contribution in [0.2, 0.25) is 0 Å². The molecule has 1 aromatic rings. The fourth-order valence-electron chi connectivity index (χ4n) is 3.34. The van der Waals surface area contributed by atoms with Crippen molar-refractivity contribution in [2.45, 2.75) is 45.4 Å². The van der Waals surface area contributed by atoms with Gasteiger partial charge in [0.05, 0.1) is 0 Å². The van der Waals surface area contributed by atoms with Crippen LogP contribution in [-0.4, -0.2) is 37.5 Å². The van der Waals surface area contributed by atoms with E-state index < -0.39 is 0 Å². The first-order chi connectivity index (χ1) is 10.6. The molecule has 3 nitrogen and oxygen atoms in total. The molecule has 0 radical (unpaired) electrons. The maximum Gasteiger partial charge on any atom is 0.223 e. The van der Waals surface area contributed by atoms with Crippen molar-refractivity contribution < 1.29 is 4.79 Å². The lowest BCUT2D eigenvalue weighted by Crippen LogP contribution is -2.42. The predicted octanol–water partition coefficient (Wildman–Crippen LogP) is 3.20. The van der Waals surface area contributed by atoms with Gasteiger partial charge in [0, 0.05) is 19.5 Å². The van der Waals surface area contributed by atoms with Crippen LogP contribution in [0.1, 0.15) is 50.2 Å². The molecule has 22 heavy (non-hydrogen) atoms. The minimum Gasteiger partial charge on any atom is -0.342 e. The van der Waals surface area contributed by atoms with Crippen LogP contribution >= 0.6 is 0 Å². The van der Waals surface area contributed by atoms with Gasteiger partial charge in [-0.15, -0.1) is 0 Å². The number of amides is 1. The quantitative estimate of drug-likeness (QED) is 0.875. The third-order valence-electron chi connectivity index (χ3n) is 4.80. The van der Waals surface area contributed by atoms with E-state index in [0.29, 0.717) is 24.2 Å². The van der Waals surface area contributed by atoms with Gasteiger partial charge in [-0.3, -0.25) is 4.79 Å². The second-order valence-corrected chi connectivity index (χ2v) is 6.61. The highest BCUT2D eigenvalue weighted by atomic mass is 16.2. The average Bonchev–Trinajstić information content (AvgIpc) is 2.55. The van der Waals surface area contributed by atoms with E-state index in [1.54, 1.807) is 0 Å². The Morgan fingerprint density at radius 3 is 2.73 bits per heavy atom. The highest BCUT2D eigenvalue weighted by Gasteiger charge is 2.24. The van der Waals surface area contributed by atoms with Crippen molar-refractivity contribution in [2.75, 3.05) is 26.7 Å². The number of aryl methyl sites for hydroxylation is 1. The van der Waals surface area contributed by atoms with Gasteiger partial charge in [0.2, 0.25) is 5.91 Å². The second-order valence-electron chi connectivity index (χ2n) is 6.61. The Morgan fingerprint density at radius 1 is 1.36 bits per heavy atom. The number of likely N-dealkylation sites (tertiary alicyclic amines) is 1. The van der Waals surface area contributed by atoms with Crippen molar-refractivity contribution in [2.24, 2.45) is 5.92 Å². The van der Waals surface area contributed by atoms with Gasteiger partial charge in [0.15, 0.2) is 0 Å². The Morgan fingerprint density at radius 2 is 2.09 bits per heavy atom. The Kier molecular flexibility index (Phi) is 6.44. The predicted molar refractivity (Wildman–Crippen MR) is 92.1 cm³/mol. The minimum atomic E-state index is 0.295. The molecule has 0 aliphatic carbocycles. The zero-order chi connectivity index (χ0) is 15.9. The molecule has 1 amide bonds. The van der Waals surface area contributed by atoms with E-state index in [1.807, 2.05) is 7.05 Å². The van der Waals surface area contributed by atoms with Crippen molar-refractivity contribution in [1.29, 1.82) is 0 Å². The average molecular weight is 302 g/mol. The van der Waals surface area contributed by atoms with Crippen molar-refractivity contribution in [3.63, 3.8) is 0 Å². The number of hydrogen-bond acceptors (Lipinski definition) is 2. The monoisotopic (exact) mass is 302 g/mol. The topological polar surface area (TPSA) is 32.3 Å². The number of nitrogens with zero attached hydrogens (tertiary/aromatic N) is 1. The van der Waals surface area contributed by atoms with Gasteiger partial charge in [-0.2, -0.15) is 0 Å². The normalized spacial score (nSPS) is 20.0. The fraction of sp³-hybridized carbons (Fsp3) is 0.632. The lowest BCUT2D eigenvalue weighted by Gasteiger charge is -2.33. The summed E-state index contributed by atoms with van der Waals surface area (Å²) < 4.78 is 0. The Balaban J connectivity index is 1.89. The van der Waals surface area contributed by atoms with Crippen LogP contribution in [0, 0.1) is 5.92 Å². The van der Waals surface area contributed by atoms with Gasteiger partial charge in [-0.25, -0.2) is 0 Å². The lowest BCUT2D eigenvalue weighted by molar-refractivity contribution is -0.133. The molecule has 0 saturated carbocycles. The summed E-state index contributed by atoms with van der Waals surface area (Å²) in [6.45, 7) is 7.19. The van der Waals surface area contributed by atoms with E-state index in [0.717, 1.165) is 32.5 Å². The van der Waals surface area contributed by atoms with Gasteiger partial charge in [-0.05, 0) is 55.8 Å². The zero-order valence-corrected chi connectivity index (χ0v) is 14.3. The highest BCUT2D eigenvalue weighted by Crippen LogP contribution is 2.23. The van der Waals surface area contributed by atoms with Gasteiger partial charge in [0.1, 0.15) is 0 Å². The SMILES string of the molecule is CCc1ccc(C(C)CC(=O)N2CCCC(CNC)C2)cc1. The third kappa shape index (κ3) is 4.57. The largest absolute Gasteiger partial charge is 0.342 e. The van der Waals surface area contributed by atoms with E-state index in [2.05, 4.69) is 48.3 Å². The van der Waals surface area contributed by atoms with Crippen LogP contribution in [0.25, 0.3) is 0 Å². The van der Waals surface area contributed by atoms with Gasteiger partial charge in [0.25, 0.3) is 0 Å². The molecule has 2 unspecified atom stereocenters. The van der Waals surface area contributed by atoms with E-state index in [1.165, 1.54) is 17.5 Å².